The van der Waals surface area contributed by atoms with E-state index in [0.29, 0.717) is 17.1 Å². The number of carbonyl (C=O) groups excluding carboxylic acids is 2. The van der Waals surface area contributed by atoms with Gasteiger partial charge in [0.1, 0.15) is 0 Å². The van der Waals surface area contributed by atoms with Gasteiger partial charge >= 0.3 is 11.8 Å². The predicted molar refractivity (Wildman–Crippen MR) is 88.8 cm³/mol. The minimum absolute atomic E-state index is 0.423. The van der Waals surface area contributed by atoms with E-state index in [2.05, 4.69) is 10.6 Å². The molecule has 0 saturated heterocycles. The van der Waals surface area contributed by atoms with Crippen molar-refractivity contribution in [2.75, 3.05) is 16.4 Å². The first-order valence-electron chi connectivity index (χ1n) is 6.93. The summed E-state index contributed by atoms with van der Waals surface area (Å²) in [6, 6.07) is 10.9. The molecule has 0 spiro atoms. The molecule has 2 amide bonds. The third-order valence-corrected chi connectivity index (χ3v) is 3.38. The molecule has 5 nitrogen and oxygen atoms in total. The molecule has 2 rings (SSSR count). The highest BCUT2D eigenvalue weighted by atomic mass is 16.2. The maximum atomic E-state index is 12.0. The number of amides is 2. The number of carbonyl (C=O) groups is 2. The molecule has 0 saturated carbocycles. The summed E-state index contributed by atoms with van der Waals surface area (Å²) < 4.78 is 0. The molecule has 0 bridgehead atoms. The summed E-state index contributed by atoms with van der Waals surface area (Å²) in [4.78, 5) is 24.0. The van der Waals surface area contributed by atoms with Crippen LogP contribution < -0.4 is 16.4 Å². The summed E-state index contributed by atoms with van der Waals surface area (Å²) in [5.74, 6) is -1.48. The van der Waals surface area contributed by atoms with Gasteiger partial charge in [-0.1, -0.05) is 24.3 Å². The zero-order valence-corrected chi connectivity index (χ0v) is 12.9. The summed E-state index contributed by atoms with van der Waals surface area (Å²) >= 11 is 0. The average Bonchev–Trinajstić information content (AvgIpc) is 2.45. The van der Waals surface area contributed by atoms with Crippen LogP contribution in [-0.2, 0) is 9.59 Å². The number of aryl methyl sites for hydroxylation is 3. The van der Waals surface area contributed by atoms with E-state index in [9.17, 15) is 9.59 Å². The van der Waals surface area contributed by atoms with E-state index < -0.39 is 11.8 Å². The second-order valence-corrected chi connectivity index (χ2v) is 5.27. The Morgan fingerprint density at radius 1 is 0.909 bits per heavy atom. The van der Waals surface area contributed by atoms with Crippen LogP contribution in [0, 0.1) is 20.8 Å². The Bertz CT molecular complexity index is 718. The quantitative estimate of drug-likeness (QED) is 0.588. The molecule has 2 aromatic rings. The minimum Gasteiger partial charge on any atom is -0.397 e. The van der Waals surface area contributed by atoms with Crippen LogP contribution in [0.2, 0.25) is 0 Å². The molecule has 0 atom stereocenters. The van der Waals surface area contributed by atoms with Crippen molar-refractivity contribution in [2.45, 2.75) is 20.8 Å². The molecule has 0 heterocycles. The van der Waals surface area contributed by atoms with Gasteiger partial charge in [-0.3, -0.25) is 9.59 Å². The number of benzene rings is 2. The summed E-state index contributed by atoms with van der Waals surface area (Å²) in [7, 11) is 0. The predicted octanol–water partition coefficient (Wildman–Crippen LogP) is 2.77. The van der Waals surface area contributed by atoms with Gasteiger partial charge in [0.25, 0.3) is 0 Å². The summed E-state index contributed by atoms with van der Waals surface area (Å²) in [5.41, 5.74) is 10.1. The highest BCUT2D eigenvalue weighted by molar-refractivity contribution is 6.44. The van der Waals surface area contributed by atoms with Gasteiger partial charge in [0.15, 0.2) is 0 Å². The Balaban J connectivity index is 2.11. The van der Waals surface area contributed by atoms with E-state index in [1.165, 1.54) is 0 Å². The molecule has 0 aliphatic heterocycles. The Morgan fingerprint density at radius 2 is 1.50 bits per heavy atom. The van der Waals surface area contributed by atoms with Crippen LogP contribution in [0.3, 0.4) is 0 Å². The zero-order valence-electron chi connectivity index (χ0n) is 12.9. The Morgan fingerprint density at radius 3 is 2.09 bits per heavy atom. The molecule has 2 aromatic carbocycles. The zero-order chi connectivity index (χ0) is 16.3. The second-order valence-electron chi connectivity index (χ2n) is 5.27. The molecule has 0 fully saturated rings. The highest BCUT2D eigenvalue weighted by Crippen LogP contribution is 2.21. The number of para-hydroxylation sites is 1. The van der Waals surface area contributed by atoms with Crippen molar-refractivity contribution in [1.82, 2.24) is 0 Å². The lowest BCUT2D eigenvalue weighted by atomic mass is 10.1. The molecular formula is C17H19N3O2. The van der Waals surface area contributed by atoms with Crippen molar-refractivity contribution in [3.05, 3.63) is 53.1 Å². The van der Waals surface area contributed by atoms with E-state index in [4.69, 9.17) is 5.73 Å². The monoisotopic (exact) mass is 297 g/mol. The maximum Gasteiger partial charge on any atom is 0.314 e. The summed E-state index contributed by atoms with van der Waals surface area (Å²) in [6.07, 6.45) is 0. The molecule has 4 N–H and O–H groups in total. The molecule has 22 heavy (non-hydrogen) atoms. The molecular weight excluding hydrogens is 278 g/mol. The standard InChI is InChI=1S/C17H19N3O2/c1-10-7-8-14(13(18)9-10)19-16(21)17(22)20-15-11(2)5-4-6-12(15)3/h4-9H,18H2,1-3H3,(H,19,21)(H,20,22). The van der Waals surface area contributed by atoms with Crippen LogP contribution in [-0.4, -0.2) is 11.8 Å². The van der Waals surface area contributed by atoms with Gasteiger partial charge in [0.05, 0.1) is 11.4 Å². The van der Waals surface area contributed by atoms with Gasteiger partial charge in [-0.25, -0.2) is 0 Å². The number of nitrogens with two attached hydrogens (primary N) is 1. The van der Waals surface area contributed by atoms with Crippen molar-refractivity contribution >= 4 is 28.9 Å². The van der Waals surface area contributed by atoms with Gasteiger partial charge in [0.2, 0.25) is 0 Å². The molecule has 5 heteroatoms. The van der Waals surface area contributed by atoms with Crippen molar-refractivity contribution in [3.63, 3.8) is 0 Å². The second kappa shape index (κ2) is 6.30. The van der Waals surface area contributed by atoms with Gasteiger partial charge < -0.3 is 16.4 Å². The first-order valence-corrected chi connectivity index (χ1v) is 6.93. The fourth-order valence-electron chi connectivity index (χ4n) is 2.16. The van der Waals surface area contributed by atoms with Crippen LogP contribution >= 0.6 is 0 Å². The summed E-state index contributed by atoms with van der Waals surface area (Å²) in [5, 5.41) is 5.16. The number of hydrogen-bond donors (Lipinski definition) is 3. The van der Waals surface area contributed by atoms with Crippen LogP contribution in [0.15, 0.2) is 36.4 Å². The maximum absolute atomic E-state index is 12.0. The van der Waals surface area contributed by atoms with Crippen molar-refractivity contribution in [1.29, 1.82) is 0 Å². The van der Waals surface area contributed by atoms with Gasteiger partial charge in [-0.05, 0) is 49.6 Å². The number of nitrogen functional groups attached to an aromatic ring is 1. The molecule has 0 aliphatic rings. The fourth-order valence-corrected chi connectivity index (χ4v) is 2.16. The van der Waals surface area contributed by atoms with Crippen LogP contribution in [0.1, 0.15) is 16.7 Å². The van der Waals surface area contributed by atoms with Crippen LogP contribution in [0.5, 0.6) is 0 Å². The Labute approximate surface area is 129 Å². The molecule has 0 aliphatic carbocycles. The molecule has 0 aromatic heterocycles. The molecule has 0 radical (unpaired) electrons. The largest absolute Gasteiger partial charge is 0.397 e. The summed E-state index contributed by atoms with van der Waals surface area (Å²) in [6.45, 7) is 5.65. The number of hydrogen-bond acceptors (Lipinski definition) is 3. The average molecular weight is 297 g/mol. The lowest BCUT2D eigenvalue weighted by Crippen LogP contribution is -2.30. The number of nitrogens with one attached hydrogen (secondary N) is 2. The van der Waals surface area contributed by atoms with E-state index in [1.807, 2.05) is 45.0 Å². The van der Waals surface area contributed by atoms with Crippen molar-refractivity contribution in [3.8, 4) is 0 Å². The smallest absolute Gasteiger partial charge is 0.314 e. The first-order chi connectivity index (χ1) is 10.4. The lowest BCUT2D eigenvalue weighted by Gasteiger charge is -2.12. The molecule has 0 unspecified atom stereocenters. The van der Waals surface area contributed by atoms with Gasteiger partial charge in [-0.2, -0.15) is 0 Å². The number of anilines is 3. The van der Waals surface area contributed by atoms with Gasteiger partial charge in [-0.15, -0.1) is 0 Å². The van der Waals surface area contributed by atoms with E-state index in [0.717, 1.165) is 16.7 Å². The molecule has 114 valence electrons. The Kier molecular flexibility index (Phi) is 4.46. The van der Waals surface area contributed by atoms with Crippen molar-refractivity contribution in [2.24, 2.45) is 0 Å². The van der Waals surface area contributed by atoms with Crippen LogP contribution in [0.4, 0.5) is 17.1 Å². The van der Waals surface area contributed by atoms with E-state index in [1.54, 1.807) is 12.1 Å². The third kappa shape index (κ3) is 3.44. The van der Waals surface area contributed by atoms with Crippen molar-refractivity contribution < 1.29 is 9.59 Å². The van der Waals surface area contributed by atoms with E-state index >= 15 is 0 Å². The topological polar surface area (TPSA) is 84.2 Å². The highest BCUT2D eigenvalue weighted by Gasteiger charge is 2.16. The fraction of sp³-hybridized carbons (Fsp3) is 0.176. The minimum atomic E-state index is -0.752. The lowest BCUT2D eigenvalue weighted by molar-refractivity contribution is -0.133. The SMILES string of the molecule is Cc1ccc(NC(=O)C(=O)Nc2c(C)cccc2C)c(N)c1. The third-order valence-electron chi connectivity index (χ3n) is 3.38. The first kappa shape index (κ1) is 15.6. The van der Waals surface area contributed by atoms with Crippen LogP contribution in [0.25, 0.3) is 0 Å². The number of rotatable bonds is 2. The normalized spacial score (nSPS) is 10.1. The van der Waals surface area contributed by atoms with Gasteiger partial charge in [0, 0.05) is 5.69 Å². The van der Waals surface area contributed by atoms with E-state index in [-0.39, 0.29) is 0 Å². The Hall–Kier alpha value is -2.82.